The van der Waals surface area contributed by atoms with Gasteiger partial charge in [0.05, 0.1) is 18.8 Å². The molecule has 1 heterocycles. The Morgan fingerprint density at radius 2 is 1.95 bits per heavy atom. The highest BCUT2D eigenvalue weighted by atomic mass is 32.1. The fraction of sp³-hybridized carbons (Fsp3) is 0.533. The molecule has 3 rings (SSSR count). The maximum absolute atomic E-state index is 12.6. The van der Waals surface area contributed by atoms with Crippen molar-refractivity contribution in [1.29, 1.82) is 0 Å². The standard InChI is InChI=1S/C15H19NO2S/c17-15(11-5-7-12(19)8-6-11)16-9-10-18-14-4-2-1-3-13(14)16/h5-8,13-14,19H,1-4,9-10H2. The third-order valence-corrected chi connectivity index (χ3v) is 4.41. The number of benzene rings is 1. The van der Waals surface area contributed by atoms with Gasteiger partial charge in [-0.25, -0.2) is 0 Å². The average Bonchev–Trinajstić information content (AvgIpc) is 2.47. The van der Waals surface area contributed by atoms with Crippen molar-refractivity contribution in [2.75, 3.05) is 13.2 Å². The summed E-state index contributed by atoms with van der Waals surface area (Å²) >= 11 is 4.26. The molecule has 1 aromatic rings. The van der Waals surface area contributed by atoms with Crippen LogP contribution in [0.3, 0.4) is 0 Å². The van der Waals surface area contributed by atoms with Gasteiger partial charge in [-0.15, -0.1) is 12.6 Å². The second kappa shape index (κ2) is 5.55. The minimum atomic E-state index is 0.133. The van der Waals surface area contributed by atoms with E-state index in [4.69, 9.17) is 4.74 Å². The molecule has 1 saturated carbocycles. The Hall–Kier alpha value is -1.00. The van der Waals surface area contributed by atoms with E-state index in [1.54, 1.807) is 0 Å². The van der Waals surface area contributed by atoms with Crippen molar-refractivity contribution < 1.29 is 9.53 Å². The zero-order chi connectivity index (χ0) is 13.2. The van der Waals surface area contributed by atoms with Gasteiger partial charge in [0.25, 0.3) is 5.91 Å². The van der Waals surface area contributed by atoms with Crippen LogP contribution in [0.1, 0.15) is 36.0 Å². The number of thiol groups is 1. The Morgan fingerprint density at radius 1 is 1.21 bits per heavy atom. The topological polar surface area (TPSA) is 29.5 Å². The molecule has 1 aromatic carbocycles. The molecule has 2 unspecified atom stereocenters. The van der Waals surface area contributed by atoms with Crippen LogP contribution >= 0.6 is 12.6 Å². The van der Waals surface area contributed by atoms with Crippen LogP contribution in [0.4, 0.5) is 0 Å². The van der Waals surface area contributed by atoms with Gasteiger partial charge in [0, 0.05) is 17.0 Å². The first-order valence-corrected chi connectivity index (χ1v) is 7.42. The number of amides is 1. The normalized spacial score (nSPS) is 26.9. The zero-order valence-corrected chi connectivity index (χ0v) is 11.8. The van der Waals surface area contributed by atoms with Gasteiger partial charge < -0.3 is 9.64 Å². The fourth-order valence-corrected chi connectivity index (χ4v) is 3.27. The molecule has 1 aliphatic heterocycles. The van der Waals surface area contributed by atoms with Crippen molar-refractivity contribution in [3.63, 3.8) is 0 Å². The third kappa shape index (κ3) is 2.65. The molecule has 0 aromatic heterocycles. The largest absolute Gasteiger partial charge is 0.374 e. The number of rotatable bonds is 1. The van der Waals surface area contributed by atoms with Gasteiger partial charge in [0.1, 0.15) is 0 Å². The van der Waals surface area contributed by atoms with Gasteiger partial charge in [-0.05, 0) is 37.1 Å². The van der Waals surface area contributed by atoms with Gasteiger partial charge in [-0.2, -0.15) is 0 Å². The maximum atomic E-state index is 12.6. The lowest BCUT2D eigenvalue weighted by molar-refractivity contribution is -0.0752. The molecular weight excluding hydrogens is 258 g/mol. The monoisotopic (exact) mass is 277 g/mol. The van der Waals surface area contributed by atoms with Gasteiger partial charge in [0.15, 0.2) is 0 Å². The molecule has 0 bridgehead atoms. The van der Waals surface area contributed by atoms with Crippen LogP contribution < -0.4 is 0 Å². The lowest BCUT2D eigenvalue weighted by Gasteiger charge is -2.43. The number of fused-ring (bicyclic) bond motifs is 1. The Labute approximate surface area is 119 Å². The molecule has 4 heteroatoms. The summed E-state index contributed by atoms with van der Waals surface area (Å²) < 4.78 is 5.81. The molecule has 1 aliphatic carbocycles. The van der Waals surface area contributed by atoms with Gasteiger partial charge in [-0.3, -0.25) is 4.79 Å². The number of carbonyl (C=O) groups excluding carboxylic acids is 1. The van der Waals surface area contributed by atoms with Crippen LogP contribution in [0.15, 0.2) is 29.2 Å². The average molecular weight is 277 g/mol. The Balaban J connectivity index is 1.79. The van der Waals surface area contributed by atoms with E-state index >= 15 is 0 Å². The first-order valence-electron chi connectivity index (χ1n) is 6.97. The van der Waals surface area contributed by atoms with Gasteiger partial charge in [-0.1, -0.05) is 12.8 Å². The molecule has 1 saturated heterocycles. The van der Waals surface area contributed by atoms with Crippen LogP contribution in [-0.2, 0) is 4.74 Å². The minimum Gasteiger partial charge on any atom is -0.374 e. The second-order valence-corrected chi connectivity index (χ2v) is 5.82. The summed E-state index contributed by atoms with van der Waals surface area (Å²) in [6.07, 6.45) is 4.82. The number of morpholine rings is 1. The molecule has 2 atom stereocenters. The van der Waals surface area contributed by atoms with Crippen molar-refractivity contribution in [3.05, 3.63) is 29.8 Å². The van der Waals surface area contributed by atoms with E-state index in [2.05, 4.69) is 12.6 Å². The van der Waals surface area contributed by atoms with Gasteiger partial charge >= 0.3 is 0 Å². The molecule has 0 N–H and O–H groups in total. The van der Waals surface area contributed by atoms with E-state index in [1.165, 1.54) is 12.8 Å². The van der Waals surface area contributed by atoms with Crippen molar-refractivity contribution in [2.24, 2.45) is 0 Å². The van der Waals surface area contributed by atoms with E-state index in [9.17, 15) is 4.79 Å². The SMILES string of the molecule is O=C(c1ccc(S)cc1)N1CCOC2CCCCC21. The smallest absolute Gasteiger partial charge is 0.254 e. The lowest BCUT2D eigenvalue weighted by Crippen LogP contribution is -2.54. The predicted octanol–water partition coefficient (Wildman–Crippen LogP) is 2.76. The first kappa shape index (κ1) is 13.0. The fourth-order valence-electron chi connectivity index (χ4n) is 3.12. The predicted molar refractivity (Wildman–Crippen MR) is 76.7 cm³/mol. The van der Waals surface area contributed by atoms with Crippen LogP contribution in [-0.4, -0.2) is 36.1 Å². The number of hydrogen-bond acceptors (Lipinski definition) is 3. The van der Waals surface area contributed by atoms with Crippen LogP contribution in [0.25, 0.3) is 0 Å². The molecule has 102 valence electrons. The molecule has 0 spiro atoms. The maximum Gasteiger partial charge on any atom is 0.254 e. The van der Waals surface area contributed by atoms with E-state index < -0.39 is 0 Å². The summed E-state index contributed by atoms with van der Waals surface area (Å²) in [4.78, 5) is 15.5. The van der Waals surface area contributed by atoms with E-state index in [0.717, 1.165) is 23.3 Å². The molecule has 2 fully saturated rings. The van der Waals surface area contributed by atoms with Crippen molar-refractivity contribution in [3.8, 4) is 0 Å². The second-order valence-electron chi connectivity index (χ2n) is 5.31. The Morgan fingerprint density at radius 3 is 2.74 bits per heavy atom. The summed E-state index contributed by atoms with van der Waals surface area (Å²) in [6, 6.07) is 7.73. The molecule has 1 amide bonds. The van der Waals surface area contributed by atoms with E-state index in [0.29, 0.717) is 13.2 Å². The van der Waals surface area contributed by atoms with Crippen molar-refractivity contribution in [1.82, 2.24) is 4.90 Å². The lowest BCUT2D eigenvalue weighted by atomic mass is 9.89. The van der Waals surface area contributed by atoms with Crippen LogP contribution in [0.5, 0.6) is 0 Å². The van der Waals surface area contributed by atoms with Crippen molar-refractivity contribution in [2.45, 2.75) is 42.7 Å². The summed E-state index contributed by atoms with van der Waals surface area (Å²) in [5.41, 5.74) is 0.754. The number of carbonyl (C=O) groups is 1. The number of nitrogens with zero attached hydrogens (tertiary/aromatic N) is 1. The zero-order valence-electron chi connectivity index (χ0n) is 10.9. The molecule has 19 heavy (non-hydrogen) atoms. The Bertz CT molecular complexity index is 458. The van der Waals surface area contributed by atoms with E-state index in [1.807, 2.05) is 29.2 Å². The molecule has 2 aliphatic rings. The first-order chi connectivity index (χ1) is 9.25. The van der Waals surface area contributed by atoms with Gasteiger partial charge in [0.2, 0.25) is 0 Å². The summed E-state index contributed by atoms with van der Waals surface area (Å²) in [7, 11) is 0. The van der Waals surface area contributed by atoms with Crippen LogP contribution in [0, 0.1) is 0 Å². The summed E-state index contributed by atoms with van der Waals surface area (Å²) in [6.45, 7) is 1.38. The van der Waals surface area contributed by atoms with Crippen molar-refractivity contribution >= 4 is 18.5 Å². The number of hydrogen-bond donors (Lipinski definition) is 1. The molecule has 0 radical (unpaired) electrons. The Kier molecular flexibility index (Phi) is 3.80. The minimum absolute atomic E-state index is 0.133. The number of ether oxygens (including phenoxy) is 1. The molecule has 3 nitrogen and oxygen atoms in total. The summed E-state index contributed by atoms with van der Waals surface area (Å²) in [5.74, 6) is 0.133. The third-order valence-electron chi connectivity index (χ3n) is 4.11. The summed E-state index contributed by atoms with van der Waals surface area (Å²) in [5, 5.41) is 0. The highest BCUT2D eigenvalue weighted by Crippen LogP contribution is 2.29. The van der Waals surface area contributed by atoms with E-state index in [-0.39, 0.29) is 18.1 Å². The highest BCUT2D eigenvalue weighted by molar-refractivity contribution is 7.80. The quantitative estimate of drug-likeness (QED) is 0.800. The highest BCUT2D eigenvalue weighted by Gasteiger charge is 2.36. The molecular formula is C15H19NO2S. The van der Waals surface area contributed by atoms with Crippen LogP contribution in [0.2, 0.25) is 0 Å².